The van der Waals surface area contributed by atoms with Crippen molar-refractivity contribution in [3.8, 4) is 11.1 Å². The maximum absolute atomic E-state index is 11.8. The highest BCUT2D eigenvalue weighted by molar-refractivity contribution is 5.93. The van der Waals surface area contributed by atoms with Crippen LogP contribution >= 0.6 is 0 Å². The van der Waals surface area contributed by atoms with Gasteiger partial charge in [0, 0.05) is 0 Å². The molecule has 0 aromatic heterocycles. The van der Waals surface area contributed by atoms with Crippen molar-refractivity contribution < 1.29 is 9.90 Å². The fourth-order valence-electron chi connectivity index (χ4n) is 4.58. The molecular formula is C26H18O2. The van der Waals surface area contributed by atoms with Crippen molar-refractivity contribution in [2.75, 3.05) is 0 Å². The maximum Gasteiger partial charge on any atom is 0.335 e. The van der Waals surface area contributed by atoms with Gasteiger partial charge in [-0.1, -0.05) is 91.0 Å². The number of fused-ring (bicyclic) bond motifs is 3. The predicted octanol–water partition coefficient (Wildman–Crippen LogP) is 5.75. The van der Waals surface area contributed by atoms with Gasteiger partial charge in [-0.25, -0.2) is 4.79 Å². The van der Waals surface area contributed by atoms with Gasteiger partial charge in [0.2, 0.25) is 0 Å². The van der Waals surface area contributed by atoms with Gasteiger partial charge in [0.05, 0.1) is 11.0 Å². The summed E-state index contributed by atoms with van der Waals surface area (Å²) in [6.07, 6.45) is 0. The van der Waals surface area contributed by atoms with Crippen LogP contribution in [-0.4, -0.2) is 11.1 Å². The highest BCUT2D eigenvalue weighted by Crippen LogP contribution is 2.56. The summed E-state index contributed by atoms with van der Waals surface area (Å²) in [6, 6.07) is 34.6. The van der Waals surface area contributed by atoms with Crippen LogP contribution in [0, 0.1) is 0 Å². The molecule has 4 aromatic rings. The Morgan fingerprint density at radius 2 is 1.14 bits per heavy atom. The summed E-state index contributed by atoms with van der Waals surface area (Å²) in [5.41, 5.74) is 6.49. The predicted molar refractivity (Wildman–Crippen MR) is 111 cm³/mol. The second kappa shape index (κ2) is 6.21. The van der Waals surface area contributed by atoms with Gasteiger partial charge in [-0.05, 0) is 45.5 Å². The largest absolute Gasteiger partial charge is 0.478 e. The topological polar surface area (TPSA) is 37.3 Å². The second-order valence-corrected chi connectivity index (χ2v) is 7.09. The highest BCUT2D eigenvalue weighted by atomic mass is 16.4. The van der Waals surface area contributed by atoms with Gasteiger partial charge in [-0.15, -0.1) is 0 Å². The van der Waals surface area contributed by atoms with Gasteiger partial charge in [-0.2, -0.15) is 0 Å². The number of hydrogen-bond donors (Lipinski definition) is 1. The number of carboxylic acids is 1. The minimum atomic E-state index is -0.909. The zero-order valence-electron chi connectivity index (χ0n) is 15.2. The van der Waals surface area contributed by atoms with E-state index in [9.17, 15) is 9.90 Å². The Morgan fingerprint density at radius 3 is 1.75 bits per heavy atom. The summed E-state index contributed by atoms with van der Waals surface area (Å²) in [4.78, 5) is 11.8. The van der Waals surface area contributed by atoms with E-state index in [2.05, 4.69) is 42.5 Å². The van der Waals surface area contributed by atoms with Crippen molar-refractivity contribution in [3.05, 3.63) is 131 Å². The van der Waals surface area contributed by atoms with Gasteiger partial charge in [0.25, 0.3) is 0 Å². The summed E-state index contributed by atoms with van der Waals surface area (Å²) in [5.74, 6) is -0.909. The minimum Gasteiger partial charge on any atom is -0.478 e. The molecule has 0 unspecified atom stereocenters. The minimum absolute atomic E-state index is 0.308. The Kier molecular flexibility index (Phi) is 3.66. The van der Waals surface area contributed by atoms with E-state index >= 15 is 0 Å². The molecule has 0 atom stereocenters. The van der Waals surface area contributed by atoms with Crippen molar-refractivity contribution >= 4 is 5.97 Å². The van der Waals surface area contributed by atoms with Crippen molar-refractivity contribution in [2.45, 2.75) is 5.41 Å². The van der Waals surface area contributed by atoms with Crippen LogP contribution in [0.3, 0.4) is 0 Å². The molecule has 0 amide bonds. The molecule has 28 heavy (non-hydrogen) atoms. The van der Waals surface area contributed by atoms with E-state index in [-0.39, 0.29) is 0 Å². The van der Waals surface area contributed by atoms with Crippen LogP contribution < -0.4 is 0 Å². The molecule has 0 bridgehead atoms. The Morgan fingerprint density at radius 1 is 0.607 bits per heavy atom. The molecule has 2 nitrogen and oxygen atoms in total. The fraction of sp³-hybridized carbons (Fsp3) is 0.0385. The number of carboxylic acid groups (broad SMARTS) is 1. The molecule has 2 heteroatoms. The molecule has 0 heterocycles. The molecule has 1 N–H and O–H groups in total. The number of benzene rings is 4. The average Bonchev–Trinajstić information content (AvgIpc) is 3.05. The van der Waals surface area contributed by atoms with Gasteiger partial charge in [-0.3, -0.25) is 0 Å². The Bertz CT molecular complexity index is 1140. The first kappa shape index (κ1) is 16.5. The Hall–Kier alpha value is -3.65. The molecule has 4 aromatic carbocycles. The second-order valence-electron chi connectivity index (χ2n) is 7.09. The third-order valence-corrected chi connectivity index (χ3v) is 5.71. The third-order valence-electron chi connectivity index (χ3n) is 5.71. The zero-order valence-corrected chi connectivity index (χ0v) is 15.2. The van der Waals surface area contributed by atoms with Crippen molar-refractivity contribution in [3.63, 3.8) is 0 Å². The smallest absolute Gasteiger partial charge is 0.335 e. The van der Waals surface area contributed by atoms with E-state index in [1.807, 2.05) is 54.6 Å². The Balaban J connectivity index is 1.97. The molecule has 134 valence electrons. The standard InChI is InChI=1S/C26H18O2/c27-25(28)18-15-16-22-21-13-7-8-14-23(21)26(24(22)17-18,19-9-3-1-4-10-19)20-11-5-2-6-12-20/h1-17H,(H,27,28). The lowest BCUT2D eigenvalue weighted by Gasteiger charge is -2.33. The molecule has 0 spiro atoms. The first-order valence-electron chi connectivity index (χ1n) is 9.31. The van der Waals surface area contributed by atoms with Crippen LogP contribution in [0.25, 0.3) is 11.1 Å². The van der Waals surface area contributed by atoms with E-state index < -0.39 is 11.4 Å². The number of hydrogen-bond acceptors (Lipinski definition) is 1. The van der Waals surface area contributed by atoms with Gasteiger partial charge in [0.15, 0.2) is 0 Å². The zero-order chi connectivity index (χ0) is 19.1. The average molecular weight is 362 g/mol. The van der Waals surface area contributed by atoms with Gasteiger partial charge >= 0.3 is 5.97 Å². The first-order chi connectivity index (χ1) is 13.7. The lowest BCUT2D eigenvalue weighted by Crippen LogP contribution is -2.28. The van der Waals surface area contributed by atoms with Gasteiger partial charge < -0.3 is 5.11 Å². The summed E-state index contributed by atoms with van der Waals surface area (Å²) >= 11 is 0. The molecule has 0 aliphatic heterocycles. The highest BCUT2D eigenvalue weighted by Gasteiger charge is 2.46. The molecule has 5 rings (SSSR count). The SMILES string of the molecule is O=C(O)c1ccc2c(c1)C(c1ccccc1)(c1ccccc1)c1ccccc1-2. The van der Waals surface area contributed by atoms with E-state index in [0.717, 1.165) is 27.8 Å². The quantitative estimate of drug-likeness (QED) is 0.444. The number of rotatable bonds is 3. The molecule has 1 aliphatic carbocycles. The lowest BCUT2D eigenvalue weighted by atomic mass is 9.67. The van der Waals surface area contributed by atoms with Crippen LogP contribution in [-0.2, 0) is 5.41 Å². The maximum atomic E-state index is 11.8. The molecule has 0 saturated carbocycles. The molecule has 0 radical (unpaired) electrons. The van der Waals surface area contributed by atoms with Crippen molar-refractivity contribution in [2.24, 2.45) is 0 Å². The van der Waals surface area contributed by atoms with E-state index in [0.29, 0.717) is 5.56 Å². The number of carbonyl (C=O) groups is 1. The lowest BCUT2D eigenvalue weighted by molar-refractivity contribution is 0.0696. The molecule has 0 saturated heterocycles. The van der Waals surface area contributed by atoms with Crippen LogP contribution in [0.1, 0.15) is 32.6 Å². The normalized spacial score (nSPS) is 13.6. The molecular weight excluding hydrogens is 344 g/mol. The first-order valence-corrected chi connectivity index (χ1v) is 9.31. The van der Waals surface area contributed by atoms with Crippen LogP contribution in [0.15, 0.2) is 103 Å². The molecule has 0 fully saturated rings. The third kappa shape index (κ3) is 2.18. The number of aromatic carboxylic acids is 1. The monoisotopic (exact) mass is 362 g/mol. The Labute approximate surface area is 163 Å². The van der Waals surface area contributed by atoms with Crippen molar-refractivity contribution in [1.29, 1.82) is 0 Å². The summed E-state index contributed by atoms with van der Waals surface area (Å²) in [5, 5.41) is 9.64. The summed E-state index contributed by atoms with van der Waals surface area (Å²) in [6.45, 7) is 0. The molecule has 1 aliphatic rings. The van der Waals surface area contributed by atoms with Crippen LogP contribution in [0.5, 0.6) is 0 Å². The van der Waals surface area contributed by atoms with Crippen molar-refractivity contribution in [1.82, 2.24) is 0 Å². The fourth-order valence-corrected chi connectivity index (χ4v) is 4.58. The van der Waals surface area contributed by atoms with E-state index in [4.69, 9.17) is 0 Å². The van der Waals surface area contributed by atoms with Crippen LogP contribution in [0.2, 0.25) is 0 Å². The van der Waals surface area contributed by atoms with Crippen LogP contribution in [0.4, 0.5) is 0 Å². The van der Waals surface area contributed by atoms with Gasteiger partial charge in [0.1, 0.15) is 0 Å². The van der Waals surface area contributed by atoms with E-state index in [1.54, 1.807) is 6.07 Å². The summed E-state index contributed by atoms with van der Waals surface area (Å²) in [7, 11) is 0. The summed E-state index contributed by atoms with van der Waals surface area (Å²) < 4.78 is 0. The van der Waals surface area contributed by atoms with E-state index in [1.165, 1.54) is 5.56 Å².